The van der Waals surface area contributed by atoms with Gasteiger partial charge in [0, 0.05) is 0 Å². The molecule has 0 aliphatic rings. The van der Waals surface area contributed by atoms with E-state index < -0.39 is 0 Å². The fourth-order valence-electron chi connectivity index (χ4n) is 2.34. The molecule has 0 atom stereocenters. The third-order valence-corrected chi connectivity index (χ3v) is 3.69. The Balaban J connectivity index is 1.96. The summed E-state index contributed by atoms with van der Waals surface area (Å²) in [5.41, 5.74) is 4.99. The Bertz CT molecular complexity index is 732. The summed E-state index contributed by atoms with van der Waals surface area (Å²) in [6, 6.07) is 11.5. The van der Waals surface area contributed by atoms with Crippen LogP contribution in [0.3, 0.4) is 0 Å². The van der Waals surface area contributed by atoms with Gasteiger partial charge in [-0.3, -0.25) is 0 Å². The van der Waals surface area contributed by atoms with Crippen molar-refractivity contribution in [3.63, 3.8) is 0 Å². The van der Waals surface area contributed by atoms with Crippen LogP contribution in [0.4, 0.5) is 0 Å². The molecule has 6 heteroatoms. The van der Waals surface area contributed by atoms with Gasteiger partial charge in [-0.15, -0.1) is 0 Å². The molecule has 0 saturated carbocycles. The first-order chi connectivity index (χ1) is 12.7. The predicted molar refractivity (Wildman–Crippen MR) is 103 cm³/mol. The van der Waals surface area contributed by atoms with Crippen LogP contribution in [0.2, 0.25) is 0 Å². The maximum atomic E-state index is 5.65. The van der Waals surface area contributed by atoms with E-state index in [2.05, 4.69) is 17.5 Å². The van der Waals surface area contributed by atoms with Crippen LogP contribution in [0.1, 0.15) is 24.5 Å². The van der Waals surface area contributed by atoms with Gasteiger partial charge in [-0.2, -0.15) is 5.10 Å². The van der Waals surface area contributed by atoms with Crippen molar-refractivity contribution in [3.8, 4) is 23.0 Å². The standard InChI is InChI=1S/C20H26N2O4/c1-5-10-26-18-9-7-16(12-20(18)25-4)14-22-21-13-15-6-8-17(23-2)19(11-15)24-3/h6-9,11-12,14,21H,5,10,13H2,1-4H3/b22-14-. The number of benzene rings is 2. The SMILES string of the molecule is CCCOc1ccc(/C=N\NCc2ccc(OC)c(OC)c2)cc1OC. The van der Waals surface area contributed by atoms with Crippen molar-refractivity contribution in [3.05, 3.63) is 47.5 Å². The van der Waals surface area contributed by atoms with E-state index in [1.165, 1.54) is 0 Å². The molecule has 26 heavy (non-hydrogen) atoms. The Kier molecular flexibility index (Phi) is 7.61. The van der Waals surface area contributed by atoms with E-state index >= 15 is 0 Å². The van der Waals surface area contributed by atoms with Gasteiger partial charge in [-0.1, -0.05) is 13.0 Å². The number of rotatable bonds is 10. The molecule has 1 N–H and O–H groups in total. The lowest BCUT2D eigenvalue weighted by Crippen LogP contribution is -2.06. The summed E-state index contributed by atoms with van der Waals surface area (Å²) in [5, 5.41) is 4.26. The van der Waals surface area contributed by atoms with Crippen LogP contribution in [0.15, 0.2) is 41.5 Å². The second kappa shape index (κ2) is 10.2. The summed E-state index contributed by atoms with van der Waals surface area (Å²) < 4.78 is 21.6. The van der Waals surface area contributed by atoms with Crippen molar-refractivity contribution >= 4 is 6.21 Å². The summed E-state index contributed by atoms with van der Waals surface area (Å²) in [5.74, 6) is 2.84. The largest absolute Gasteiger partial charge is 0.493 e. The van der Waals surface area contributed by atoms with E-state index in [-0.39, 0.29) is 0 Å². The molecule has 6 nitrogen and oxygen atoms in total. The van der Waals surface area contributed by atoms with Crippen LogP contribution in [-0.4, -0.2) is 34.2 Å². The van der Waals surface area contributed by atoms with Crippen LogP contribution in [0.5, 0.6) is 23.0 Å². The molecule has 0 aromatic heterocycles. The summed E-state index contributed by atoms with van der Waals surface area (Å²) in [6.07, 6.45) is 2.69. The molecule has 0 heterocycles. The van der Waals surface area contributed by atoms with E-state index in [1.807, 2.05) is 36.4 Å². The van der Waals surface area contributed by atoms with Gasteiger partial charge in [0.25, 0.3) is 0 Å². The lowest BCUT2D eigenvalue weighted by Gasteiger charge is -2.10. The molecule has 0 aliphatic carbocycles. The quantitative estimate of drug-likeness (QED) is 0.519. The second-order valence-corrected chi connectivity index (χ2v) is 5.54. The molecule has 0 bridgehead atoms. The highest BCUT2D eigenvalue weighted by molar-refractivity contribution is 5.80. The fraction of sp³-hybridized carbons (Fsp3) is 0.350. The minimum Gasteiger partial charge on any atom is -0.493 e. The Labute approximate surface area is 154 Å². The predicted octanol–water partition coefficient (Wildman–Crippen LogP) is 3.62. The molecule has 0 fully saturated rings. The van der Waals surface area contributed by atoms with Crippen LogP contribution >= 0.6 is 0 Å². The number of nitrogens with one attached hydrogen (secondary N) is 1. The molecule has 2 aromatic carbocycles. The topological polar surface area (TPSA) is 61.3 Å². The van der Waals surface area contributed by atoms with Crippen molar-refractivity contribution in [2.24, 2.45) is 5.10 Å². The highest BCUT2D eigenvalue weighted by Gasteiger charge is 2.05. The molecule has 2 rings (SSSR count). The fourth-order valence-corrected chi connectivity index (χ4v) is 2.34. The van der Waals surface area contributed by atoms with Crippen molar-refractivity contribution in [1.29, 1.82) is 0 Å². The Morgan fingerprint density at radius 3 is 2.27 bits per heavy atom. The molecule has 0 spiro atoms. The molecular weight excluding hydrogens is 332 g/mol. The lowest BCUT2D eigenvalue weighted by atomic mass is 10.2. The summed E-state index contributed by atoms with van der Waals surface area (Å²) >= 11 is 0. The highest BCUT2D eigenvalue weighted by Crippen LogP contribution is 2.28. The van der Waals surface area contributed by atoms with Crippen LogP contribution in [-0.2, 0) is 6.54 Å². The molecule has 0 amide bonds. The van der Waals surface area contributed by atoms with Gasteiger partial charge in [-0.25, -0.2) is 0 Å². The van der Waals surface area contributed by atoms with E-state index in [0.717, 1.165) is 23.3 Å². The summed E-state index contributed by atoms with van der Waals surface area (Å²) in [6.45, 7) is 3.31. The Morgan fingerprint density at radius 1 is 0.885 bits per heavy atom. The zero-order valence-electron chi connectivity index (χ0n) is 15.7. The minimum atomic E-state index is 0.575. The van der Waals surface area contributed by atoms with Gasteiger partial charge in [0.05, 0.1) is 40.7 Å². The van der Waals surface area contributed by atoms with E-state index in [9.17, 15) is 0 Å². The van der Waals surface area contributed by atoms with E-state index in [0.29, 0.717) is 30.4 Å². The van der Waals surface area contributed by atoms with E-state index in [4.69, 9.17) is 18.9 Å². The monoisotopic (exact) mass is 358 g/mol. The third kappa shape index (κ3) is 5.31. The number of ether oxygens (including phenoxy) is 4. The zero-order valence-corrected chi connectivity index (χ0v) is 15.7. The van der Waals surface area contributed by atoms with Gasteiger partial charge in [0.15, 0.2) is 23.0 Å². The van der Waals surface area contributed by atoms with E-state index in [1.54, 1.807) is 27.5 Å². The van der Waals surface area contributed by atoms with Crippen LogP contribution in [0, 0.1) is 0 Å². The smallest absolute Gasteiger partial charge is 0.161 e. The van der Waals surface area contributed by atoms with Crippen LogP contribution in [0.25, 0.3) is 0 Å². The lowest BCUT2D eigenvalue weighted by molar-refractivity contribution is 0.294. The summed E-state index contributed by atoms with van der Waals surface area (Å²) in [4.78, 5) is 0. The number of methoxy groups -OCH3 is 3. The van der Waals surface area contributed by atoms with Gasteiger partial charge in [0.1, 0.15) is 0 Å². The second-order valence-electron chi connectivity index (χ2n) is 5.54. The number of hydrazone groups is 1. The molecule has 0 radical (unpaired) electrons. The number of hydrogen-bond acceptors (Lipinski definition) is 6. The first-order valence-corrected chi connectivity index (χ1v) is 8.49. The molecule has 2 aromatic rings. The molecular formula is C20H26N2O4. The maximum Gasteiger partial charge on any atom is 0.161 e. The first-order valence-electron chi connectivity index (χ1n) is 8.49. The van der Waals surface area contributed by atoms with Crippen LogP contribution < -0.4 is 24.4 Å². The Hall–Kier alpha value is -2.89. The number of nitrogens with zero attached hydrogens (tertiary/aromatic N) is 1. The van der Waals surface area contributed by atoms with Crippen molar-refractivity contribution in [2.45, 2.75) is 19.9 Å². The van der Waals surface area contributed by atoms with Gasteiger partial charge in [0.2, 0.25) is 0 Å². The molecule has 140 valence electrons. The van der Waals surface area contributed by atoms with Crippen molar-refractivity contribution in [1.82, 2.24) is 5.43 Å². The first kappa shape index (κ1) is 19.4. The maximum absolute atomic E-state index is 5.65. The van der Waals surface area contributed by atoms with Gasteiger partial charge in [-0.05, 0) is 47.9 Å². The minimum absolute atomic E-state index is 0.575. The average molecular weight is 358 g/mol. The highest BCUT2D eigenvalue weighted by atomic mass is 16.5. The van der Waals surface area contributed by atoms with Gasteiger partial charge >= 0.3 is 0 Å². The van der Waals surface area contributed by atoms with Crippen molar-refractivity contribution in [2.75, 3.05) is 27.9 Å². The number of hydrogen-bond donors (Lipinski definition) is 1. The average Bonchev–Trinajstić information content (AvgIpc) is 2.69. The zero-order chi connectivity index (χ0) is 18.8. The third-order valence-electron chi connectivity index (χ3n) is 3.69. The Morgan fingerprint density at radius 2 is 1.58 bits per heavy atom. The van der Waals surface area contributed by atoms with Crippen molar-refractivity contribution < 1.29 is 18.9 Å². The summed E-state index contributed by atoms with van der Waals surface area (Å²) in [7, 11) is 4.87. The molecule has 0 saturated heterocycles. The molecule has 0 aliphatic heterocycles. The molecule has 0 unspecified atom stereocenters. The van der Waals surface area contributed by atoms with Gasteiger partial charge < -0.3 is 24.4 Å². The normalized spacial score (nSPS) is 10.6.